The molecule has 8 nitrogen and oxygen atoms in total. The van der Waals surface area contributed by atoms with E-state index >= 15 is 0 Å². The fourth-order valence-corrected chi connectivity index (χ4v) is 5.01. The Labute approximate surface area is 168 Å². The fourth-order valence-electron chi connectivity index (χ4n) is 3.01. The van der Waals surface area contributed by atoms with E-state index in [4.69, 9.17) is 0 Å². The number of hydrogen-bond donors (Lipinski definition) is 2. The van der Waals surface area contributed by atoms with Gasteiger partial charge in [-0.25, -0.2) is 13.4 Å². The van der Waals surface area contributed by atoms with Gasteiger partial charge in [0, 0.05) is 44.1 Å². The van der Waals surface area contributed by atoms with E-state index in [0.29, 0.717) is 37.6 Å². The second-order valence-electron chi connectivity index (χ2n) is 6.56. The number of amides is 2. The van der Waals surface area contributed by atoms with Crippen LogP contribution in [0.15, 0.2) is 40.7 Å². The van der Waals surface area contributed by atoms with Crippen molar-refractivity contribution in [2.75, 3.05) is 18.4 Å². The van der Waals surface area contributed by atoms with Crippen LogP contribution in [0.4, 0.5) is 5.13 Å². The molecule has 1 aliphatic heterocycles. The van der Waals surface area contributed by atoms with Crippen molar-refractivity contribution in [1.82, 2.24) is 14.6 Å². The monoisotopic (exact) mass is 422 g/mol. The summed E-state index contributed by atoms with van der Waals surface area (Å²) in [5, 5.41) is 7.79. The van der Waals surface area contributed by atoms with E-state index in [9.17, 15) is 18.0 Å². The summed E-state index contributed by atoms with van der Waals surface area (Å²) in [7, 11) is -3.61. The van der Waals surface area contributed by atoms with Crippen LogP contribution in [0.5, 0.6) is 0 Å². The number of carbonyl (C=O) groups excluding carboxylic acids is 2. The van der Waals surface area contributed by atoms with Gasteiger partial charge in [0.25, 0.3) is 0 Å². The predicted molar refractivity (Wildman–Crippen MR) is 106 cm³/mol. The van der Waals surface area contributed by atoms with Crippen LogP contribution in [0.2, 0.25) is 0 Å². The van der Waals surface area contributed by atoms with Gasteiger partial charge in [0.1, 0.15) is 0 Å². The Morgan fingerprint density at radius 2 is 1.89 bits per heavy atom. The first-order chi connectivity index (χ1) is 13.4. The van der Waals surface area contributed by atoms with Crippen LogP contribution in [0, 0.1) is 5.92 Å². The van der Waals surface area contributed by atoms with Crippen LogP contribution in [-0.4, -0.2) is 42.6 Å². The smallest absolute Gasteiger partial charge is 0.243 e. The molecule has 1 fully saturated rings. The van der Waals surface area contributed by atoms with E-state index in [1.165, 1.54) is 22.6 Å². The standard InChI is InChI=1S/C18H22N4O4S2/c1-13(23)20-12-14-2-4-16(5-3-14)28(25,26)22-9-6-15(7-10-22)17(24)21-18-19-8-11-27-18/h2-5,8,11,15H,6-7,9-10,12H2,1H3,(H,20,23)(H,19,21,24). The molecule has 0 spiro atoms. The maximum Gasteiger partial charge on any atom is 0.243 e. The van der Waals surface area contributed by atoms with Crippen molar-refractivity contribution in [3.8, 4) is 0 Å². The summed E-state index contributed by atoms with van der Waals surface area (Å²) in [6.07, 6.45) is 2.56. The number of anilines is 1. The number of nitrogens with zero attached hydrogens (tertiary/aromatic N) is 2. The van der Waals surface area contributed by atoms with E-state index in [0.717, 1.165) is 5.56 Å². The molecular weight excluding hydrogens is 400 g/mol. The first-order valence-electron chi connectivity index (χ1n) is 8.90. The molecule has 1 aromatic carbocycles. The van der Waals surface area contributed by atoms with Crippen LogP contribution in [0.25, 0.3) is 0 Å². The number of aromatic nitrogens is 1. The fraction of sp³-hybridized carbons (Fsp3) is 0.389. The van der Waals surface area contributed by atoms with Crippen molar-refractivity contribution in [3.63, 3.8) is 0 Å². The first kappa shape index (κ1) is 20.4. The van der Waals surface area contributed by atoms with Gasteiger partial charge in [-0.15, -0.1) is 11.3 Å². The lowest BCUT2D eigenvalue weighted by atomic mass is 9.97. The minimum atomic E-state index is -3.61. The van der Waals surface area contributed by atoms with Gasteiger partial charge in [0.05, 0.1) is 4.90 Å². The minimum Gasteiger partial charge on any atom is -0.352 e. The molecule has 0 saturated carbocycles. The molecule has 1 saturated heterocycles. The molecule has 2 aromatic rings. The lowest BCUT2D eigenvalue weighted by molar-refractivity contribution is -0.121. The summed E-state index contributed by atoms with van der Waals surface area (Å²) in [6.45, 7) is 2.38. The van der Waals surface area contributed by atoms with Crippen LogP contribution in [0.1, 0.15) is 25.3 Å². The van der Waals surface area contributed by atoms with E-state index in [1.54, 1.807) is 35.8 Å². The summed E-state index contributed by atoms with van der Waals surface area (Å²) < 4.78 is 27.1. The van der Waals surface area contributed by atoms with Gasteiger partial charge in [0.15, 0.2) is 5.13 Å². The SMILES string of the molecule is CC(=O)NCc1ccc(S(=O)(=O)N2CCC(C(=O)Nc3nccs3)CC2)cc1. The second-order valence-corrected chi connectivity index (χ2v) is 9.39. The lowest BCUT2D eigenvalue weighted by Gasteiger charge is -2.30. The largest absolute Gasteiger partial charge is 0.352 e. The molecular formula is C18H22N4O4S2. The number of nitrogens with one attached hydrogen (secondary N) is 2. The summed E-state index contributed by atoms with van der Waals surface area (Å²) >= 11 is 1.35. The van der Waals surface area contributed by atoms with Gasteiger partial charge in [-0.2, -0.15) is 4.31 Å². The Morgan fingerprint density at radius 1 is 1.21 bits per heavy atom. The number of rotatable bonds is 6. The van der Waals surface area contributed by atoms with Crippen LogP contribution in [-0.2, 0) is 26.2 Å². The van der Waals surface area contributed by atoms with Gasteiger partial charge < -0.3 is 10.6 Å². The zero-order chi connectivity index (χ0) is 20.1. The molecule has 3 rings (SSSR count). The normalized spacial score (nSPS) is 15.9. The van der Waals surface area contributed by atoms with Gasteiger partial charge >= 0.3 is 0 Å². The number of piperidine rings is 1. The zero-order valence-corrected chi connectivity index (χ0v) is 17.1. The highest BCUT2D eigenvalue weighted by molar-refractivity contribution is 7.89. The molecule has 2 heterocycles. The van der Waals surface area contributed by atoms with Gasteiger partial charge in [0.2, 0.25) is 21.8 Å². The van der Waals surface area contributed by atoms with Crippen molar-refractivity contribution in [2.24, 2.45) is 5.92 Å². The van der Waals surface area contributed by atoms with Gasteiger partial charge in [-0.3, -0.25) is 9.59 Å². The second kappa shape index (κ2) is 8.80. The third kappa shape index (κ3) is 4.94. The Morgan fingerprint density at radius 3 is 2.46 bits per heavy atom. The number of benzene rings is 1. The molecule has 2 N–H and O–H groups in total. The van der Waals surface area contributed by atoms with Crippen molar-refractivity contribution < 1.29 is 18.0 Å². The quantitative estimate of drug-likeness (QED) is 0.738. The van der Waals surface area contributed by atoms with E-state index in [1.807, 2.05) is 0 Å². The molecule has 0 bridgehead atoms. The molecule has 150 valence electrons. The van der Waals surface area contributed by atoms with Crippen molar-refractivity contribution in [3.05, 3.63) is 41.4 Å². The Kier molecular flexibility index (Phi) is 6.42. The molecule has 1 aromatic heterocycles. The topological polar surface area (TPSA) is 108 Å². The highest BCUT2D eigenvalue weighted by atomic mass is 32.2. The Hall–Kier alpha value is -2.30. The average Bonchev–Trinajstić information content (AvgIpc) is 3.20. The summed E-state index contributed by atoms with van der Waals surface area (Å²) in [5.74, 6) is -0.483. The molecule has 10 heteroatoms. The van der Waals surface area contributed by atoms with Gasteiger partial charge in [-0.05, 0) is 30.5 Å². The molecule has 1 aliphatic rings. The lowest BCUT2D eigenvalue weighted by Crippen LogP contribution is -2.41. The van der Waals surface area contributed by atoms with Crippen molar-refractivity contribution in [2.45, 2.75) is 31.2 Å². The highest BCUT2D eigenvalue weighted by Crippen LogP contribution is 2.25. The summed E-state index contributed by atoms with van der Waals surface area (Å²) in [4.78, 5) is 27.5. The Balaban J connectivity index is 1.58. The molecule has 0 atom stereocenters. The minimum absolute atomic E-state index is 0.116. The summed E-state index contributed by atoms with van der Waals surface area (Å²) in [6, 6.07) is 6.48. The zero-order valence-electron chi connectivity index (χ0n) is 15.4. The average molecular weight is 423 g/mol. The maximum atomic E-state index is 12.8. The first-order valence-corrected chi connectivity index (χ1v) is 11.2. The van der Waals surface area contributed by atoms with Gasteiger partial charge in [-0.1, -0.05) is 12.1 Å². The number of carbonyl (C=O) groups is 2. The van der Waals surface area contributed by atoms with Crippen LogP contribution >= 0.6 is 11.3 Å². The molecule has 2 amide bonds. The molecule has 0 radical (unpaired) electrons. The van der Waals surface area contributed by atoms with Crippen molar-refractivity contribution in [1.29, 1.82) is 0 Å². The third-order valence-corrected chi connectivity index (χ3v) is 7.19. The number of sulfonamides is 1. The number of thiazole rings is 1. The van der Waals surface area contributed by atoms with Crippen molar-refractivity contribution >= 4 is 38.3 Å². The molecule has 0 aliphatic carbocycles. The maximum absolute atomic E-state index is 12.8. The predicted octanol–water partition coefficient (Wildman–Crippen LogP) is 1.82. The van der Waals surface area contributed by atoms with E-state index < -0.39 is 10.0 Å². The molecule has 28 heavy (non-hydrogen) atoms. The van der Waals surface area contributed by atoms with E-state index in [2.05, 4.69) is 15.6 Å². The Bertz CT molecular complexity index is 919. The third-order valence-electron chi connectivity index (χ3n) is 4.59. The molecule has 0 unspecified atom stereocenters. The highest BCUT2D eigenvalue weighted by Gasteiger charge is 2.32. The van der Waals surface area contributed by atoms with Crippen LogP contribution < -0.4 is 10.6 Å². The summed E-state index contributed by atoms with van der Waals surface area (Å²) in [5.41, 5.74) is 0.826. The van der Waals surface area contributed by atoms with E-state index in [-0.39, 0.29) is 22.6 Å². The number of hydrogen-bond acceptors (Lipinski definition) is 6. The van der Waals surface area contributed by atoms with Crippen LogP contribution in [0.3, 0.4) is 0 Å².